The molecule has 3 amide bonds. The molecular weight excluding hydrogens is 703 g/mol. The van der Waals surface area contributed by atoms with E-state index in [0.717, 1.165) is 22.5 Å². The highest BCUT2D eigenvalue weighted by molar-refractivity contribution is 8.01. The number of thioether (sulfide) groups is 2. The Morgan fingerprint density at radius 2 is 1.90 bits per heavy atom. The molecule has 0 bridgehead atoms. The number of fused-ring (bicyclic) bond motifs is 1. The van der Waals surface area contributed by atoms with Gasteiger partial charge in [0.2, 0.25) is 11.6 Å². The summed E-state index contributed by atoms with van der Waals surface area (Å²) in [7, 11) is 1.27. The molecule has 2 aromatic carbocycles. The van der Waals surface area contributed by atoms with E-state index in [9.17, 15) is 19.2 Å². The van der Waals surface area contributed by atoms with Crippen molar-refractivity contribution < 1.29 is 28.8 Å². The third-order valence-electron chi connectivity index (χ3n) is 7.33. The summed E-state index contributed by atoms with van der Waals surface area (Å²) in [5.74, 6) is 1.09. The van der Waals surface area contributed by atoms with Crippen molar-refractivity contribution in [3.05, 3.63) is 94.1 Å². The molecule has 2 aliphatic rings. The van der Waals surface area contributed by atoms with Crippen LogP contribution in [-0.2, 0) is 35.3 Å². The molecule has 1 unspecified atom stereocenters. The molecular formula is C32H27N9O6S3. The first-order chi connectivity index (χ1) is 24.4. The number of carbonyl (C=O) groups is 4. The molecule has 15 nitrogen and oxygen atoms in total. The second kappa shape index (κ2) is 15.8. The minimum atomic E-state index is -0.998. The Hall–Kier alpha value is -5.51. The Morgan fingerprint density at radius 1 is 1.18 bits per heavy atom. The highest BCUT2D eigenvalue weighted by Crippen LogP contribution is 2.42. The molecule has 4 aromatic rings. The third-order valence-corrected chi connectivity index (χ3v) is 10.4. The molecule has 2 aliphatic heterocycles. The number of carbonyl (C=O) groups excluding carboxylic acids is 4. The van der Waals surface area contributed by atoms with E-state index in [4.69, 9.17) is 16.0 Å². The van der Waals surface area contributed by atoms with Crippen molar-refractivity contribution in [3.63, 3.8) is 0 Å². The fourth-order valence-electron chi connectivity index (χ4n) is 5.12. The van der Waals surface area contributed by atoms with Crippen molar-refractivity contribution in [2.75, 3.05) is 23.9 Å². The zero-order valence-electron chi connectivity index (χ0n) is 26.2. The Morgan fingerprint density at radius 3 is 2.56 bits per heavy atom. The van der Waals surface area contributed by atoms with Crippen molar-refractivity contribution in [2.45, 2.75) is 29.2 Å². The zero-order chi connectivity index (χ0) is 35.0. The Balaban J connectivity index is 1.27. The number of terminal acetylenes is 1. The van der Waals surface area contributed by atoms with Gasteiger partial charge in [0, 0.05) is 16.9 Å². The number of thiazole rings is 1. The van der Waals surface area contributed by atoms with E-state index in [2.05, 4.69) is 42.1 Å². The predicted octanol–water partition coefficient (Wildman–Crippen LogP) is 2.46. The molecule has 2 aromatic heterocycles. The standard InChI is InChI=1S/C32H27N9O6S3/c1-3-14-40-37-32(36-39-40)49-16-21-15-48-29-24(35-27(43)23(38-46-2)22-17-50-31(34-22)33-18-42)28(44)41(29)25(21)30(45)47-26(19-10-6-4-7-11-19)20-12-8-5-9-13-20/h1,4-13,17-18,24,26,29H,14-16H2,2H3,(H,35,43)(H,33,34,42)/b38-23+/t24?,29-/m1/s1. The number of esters is 1. The molecule has 0 spiro atoms. The number of nitrogens with one attached hydrogen (secondary N) is 2. The second-order valence-corrected chi connectivity index (χ2v) is 13.3. The number of nitrogens with zero attached hydrogens (tertiary/aromatic N) is 7. The summed E-state index contributed by atoms with van der Waals surface area (Å²) in [6.45, 7) is 0.150. The first kappa shape index (κ1) is 34.4. The lowest BCUT2D eigenvalue weighted by atomic mass is 10.0. The number of rotatable bonds is 14. The van der Waals surface area contributed by atoms with Crippen LogP contribution in [0.1, 0.15) is 22.9 Å². The number of β-lactam (4-membered cyclic amide) rings is 1. The van der Waals surface area contributed by atoms with E-state index < -0.39 is 35.3 Å². The van der Waals surface area contributed by atoms with Gasteiger partial charge in [0.15, 0.2) is 16.9 Å². The van der Waals surface area contributed by atoms with Gasteiger partial charge in [0.25, 0.3) is 11.8 Å². The first-order valence-corrected chi connectivity index (χ1v) is 17.7. The lowest BCUT2D eigenvalue weighted by Crippen LogP contribution is -2.71. The summed E-state index contributed by atoms with van der Waals surface area (Å²) in [6.07, 6.45) is 5.06. The van der Waals surface area contributed by atoms with Gasteiger partial charge in [-0.15, -0.1) is 39.7 Å². The summed E-state index contributed by atoms with van der Waals surface area (Å²) < 4.78 is 6.21. The van der Waals surface area contributed by atoms with Gasteiger partial charge in [-0.05, 0) is 21.9 Å². The SMILES string of the molecule is C#CCn1nnc(SCC2=C(C(=O)OC(c3ccccc3)c3ccccc3)N3C(=O)C(NC(=O)/C(=N/OC)c4csc(NC=O)n4)[C@H]3SC2)n1. The fourth-order valence-corrected chi connectivity index (χ4v) is 8.04. The zero-order valence-corrected chi connectivity index (χ0v) is 28.6. The molecule has 6 rings (SSSR count). The van der Waals surface area contributed by atoms with Gasteiger partial charge >= 0.3 is 5.97 Å². The third kappa shape index (κ3) is 7.39. The summed E-state index contributed by atoms with van der Waals surface area (Å²) in [5, 5.41) is 22.6. The number of aromatic nitrogens is 5. The second-order valence-electron chi connectivity index (χ2n) is 10.4. The Labute approximate surface area is 297 Å². The highest BCUT2D eigenvalue weighted by Gasteiger charge is 2.55. The molecule has 0 aliphatic carbocycles. The van der Waals surface area contributed by atoms with Crippen LogP contribution in [0.15, 0.2) is 87.6 Å². The van der Waals surface area contributed by atoms with Crippen LogP contribution in [0.2, 0.25) is 0 Å². The molecule has 2 atom stereocenters. The number of benzene rings is 2. The van der Waals surface area contributed by atoms with Crippen LogP contribution < -0.4 is 10.6 Å². The van der Waals surface area contributed by atoms with Crippen LogP contribution in [0.25, 0.3) is 0 Å². The van der Waals surface area contributed by atoms with Gasteiger partial charge in [-0.3, -0.25) is 19.3 Å². The van der Waals surface area contributed by atoms with Crippen molar-refractivity contribution in [1.29, 1.82) is 0 Å². The molecule has 1 fully saturated rings. The molecule has 2 N–H and O–H groups in total. The van der Waals surface area contributed by atoms with E-state index in [1.807, 2.05) is 60.7 Å². The largest absolute Gasteiger partial charge is 0.448 e. The van der Waals surface area contributed by atoms with Crippen LogP contribution in [0.5, 0.6) is 0 Å². The normalized spacial score (nSPS) is 17.0. The van der Waals surface area contributed by atoms with Gasteiger partial charge in [-0.25, -0.2) is 9.78 Å². The van der Waals surface area contributed by atoms with E-state index in [1.54, 1.807) is 0 Å². The van der Waals surface area contributed by atoms with E-state index in [1.165, 1.54) is 45.7 Å². The van der Waals surface area contributed by atoms with Crippen molar-refractivity contribution in [3.8, 4) is 12.3 Å². The van der Waals surface area contributed by atoms with Crippen LogP contribution in [0.3, 0.4) is 0 Å². The van der Waals surface area contributed by atoms with Gasteiger partial charge in [-0.1, -0.05) is 83.5 Å². The Kier molecular flexibility index (Phi) is 10.9. The van der Waals surface area contributed by atoms with Crippen LogP contribution in [0.4, 0.5) is 5.13 Å². The number of anilines is 1. The Bertz CT molecular complexity index is 1950. The van der Waals surface area contributed by atoms with E-state index in [-0.39, 0.29) is 34.5 Å². The minimum absolute atomic E-state index is 0.0829. The summed E-state index contributed by atoms with van der Waals surface area (Å²) in [4.78, 5) is 64.0. The number of tetrazole rings is 1. The van der Waals surface area contributed by atoms with Gasteiger partial charge < -0.3 is 20.2 Å². The number of hydrogen-bond donors (Lipinski definition) is 2. The van der Waals surface area contributed by atoms with Gasteiger partial charge in [0.1, 0.15) is 36.5 Å². The molecule has 18 heteroatoms. The number of hydrogen-bond acceptors (Lipinski definition) is 14. The summed E-state index contributed by atoms with van der Waals surface area (Å²) >= 11 is 3.70. The number of amides is 3. The topological polar surface area (TPSA) is 183 Å². The van der Waals surface area contributed by atoms with Crippen molar-refractivity contribution in [1.82, 2.24) is 35.4 Å². The van der Waals surface area contributed by atoms with Crippen molar-refractivity contribution in [2.24, 2.45) is 5.16 Å². The first-order valence-electron chi connectivity index (χ1n) is 14.8. The average molecular weight is 730 g/mol. The summed E-state index contributed by atoms with van der Waals surface area (Å²) in [6, 6.07) is 17.6. The van der Waals surface area contributed by atoms with Crippen molar-refractivity contribution >= 4 is 69.9 Å². The maximum atomic E-state index is 14.2. The molecule has 1 saturated heterocycles. The van der Waals surface area contributed by atoms with Crippen LogP contribution in [-0.4, -0.2) is 90.0 Å². The van der Waals surface area contributed by atoms with Gasteiger partial charge in [0.05, 0.1) is 0 Å². The molecule has 4 heterocycles. The fraction of sp³-hybridized carbons (Fsp3) is 0.219. The monoisotopic (exact) mass is 729 g/mol. The van der Waals surface area contributed by atoms with E-state index >= 15 is 0 Å². The molecule has 50 heavy (non-hydrogen) atoms. The maximum Gasteiger partial charge on any atom is 0.356 e. The summed E-state index contributed by atoms with van der Waals surface area (Å²) in [5.41, 5.74) is 2.14. The van der Waals surface area contributed by atoms with E-state index in [0.29, 0.717) is 22.9 Å². The molecule has 254 valence electrons. The van der Waals surface area contributed by atoms with Crippen LogP contribution in [0, 0.1) is 12.3 Å². The predicted molar refractivity (Wildman–Crippen MR) is 186 cm³/mol. The molecule has 0 saturated carbocycles. The van der Waals surface area contributed by atoms with Gasteiger partial charge in [-0.2, -0.15) is 4.80 Å². The lowest BCUT2D eigenvalue weighted by molar-refractivity contribution is -0.154. The minimum Gasteiger partial charge on any atom is -0.448 e. The smallest absolute Gasteiger partial charge is 0.356 e. The van der Waals surface area contributed by atoms with Crippen LogP contribution >= 0.6 is 34.9 Å². The average Bonchev–Trinajstić information content (AvgIpc) is 3.80. The number of ether oxygens (including phenoxy) is 1. The lowest BCUT2D eigenvalue weighted by Gasteiger charge is -2.49. The number of oxime groups is 1. The quantitative estimate of drug-likeness (QED) is 0.0369. The maximum absolute atomic E-state index is 14.2. The molecule has 0 radical (unpaired) electrons. The highest BCUT2D eigenvalue weighted by atomic mass is 32.2.